The number of aryl methyl sites for hydroxylation is 1. The summed E-state index contributed by atoms with van der Waals surface area (Å²) < 4.78 is 0. The summed E-state index contributed by atoms with van der Waals surface area (Å²) in [5.41, 5.74) is 0. The normalized spacial score (nSPS) is 31.9. The second-order valence-electron chi connectivity index (χ2n) is 5.20. The number of hydrogen-bond acceptors (Lipinski definition) is 4. The van der Waals surface area contributed by atoms with Gasteiger partial charge in [0.1, 0.15) is 5.01 Å². The molecule has 2 fully saturated rings. The van der Waals surface area contributed by atoms with Gasteiger partial charge in [0.05, 0.1) is 0 Å². The predicted octanol–water partition coefficient (Wildman–Crippen LogP) is 1.89. The lowest BCUT2D eigenvalue weighted by atomic mass is 9.94. The molecule has 1 N–H and O–H groups in total. The maximum absolute atomic E-state index is 4.48. The molecular formula is C13H21N3S. The van der Waals surface area contributed by atoms with Crippen LogP contribution in [0.15, 0.2) is 6.20 Å². The maximum Gasteiger partial charge on any atom is 0.107 e. The Hall–Kier alpha value is -0.450. The Kier molecular flexibility index (Phi) is 3.45. The van der Waals surface area contributed by atoms with E-state index in [4.69, 9.17) is 0 Å². The van der Waals surface area contributed by atoms with Gasteiger partial charge in [-0.05, 0) is 38.3 Å². The molecular weight excluding hydrogens is 230 g/mol. The van der Waals surface area contributed by atoms with Gasteiger partial charge < -0.3 is 10.2 Å². The Morgan fingerprint density at radius 1 is 1.47 bits per heavy atom. The predicted molar refractivity (Wildman–Crippen MR) is 71.3 cm³/mol. The first-order valence-corrected chi connectivity index (χ1v) is 7.56. The third-order valence-corrected chi connectivity index (χ3v) is 5.24. The Morgan fingerprint density at radius 3 is 3.18 bits per heavy atom. The van der Waals surface area contributed by atoms with Crippen molar-refractivity contribution in [1.82, 2.24) is 15.2 Å². The van der Waals surface area contributed by atoms with E-state index in [-0.39, 0.29) is 0 Å². The molecule has 2 aliphatic rings. The minimum atomic E-state index is 0.725. The fourth-order valence-corrected chi connectivity index (χ4v) is 3.85. The second kappa shape index (κ2) is 5.04. The minimum absolute atomic E-state index is 0.725. The molecule has 0 amide bonds. The van der Waals surface area contributed by atoms with E-state index in [1.54, 1.807) is 0 Å². The molecule has 3 unspecified atom stereocenters. The van der Waals surface area contributed by atoms with Crippen LogP contribution >= 0.6 is 11.3 Å². The average molecular weight is 251 g/mol. The molecule has 17 heavy (non-hydrogen) atoms. The van der Waals surface area contributed by atoms with Crippen molar-refractivity contribution in [1.29, 1.82) is 0 Å². The van der Waals surface area contributed by atoms with Crippen LogP contribution in [0.5, 0.6) is 0 Å². The second-order valence-corrected chi connectivity index (χ2v) is 6.40. The third-order valence-electron chi connectivity index (χ3n) is 4.10. The van der Waals surface area contributed by atoms with Crippen molar-refractivity contribution in [2.75, 3.05) is 19.6 Å². The first kappa shape index (κ1) is 11.6. The fourth-order valence-electron chi connectivity index (χ4n) is 3.03. The summed E-state index contributed by atoms with van der Waals surface area (Å²) in [6.07, 6.45) is 5.84. The molecule has 0 aromatic carbocycles. The van der Waals surface area contributed by atoms with E-state index in [1.165, 1.54) is 42.4 Å². The highest BCUT2D eigenvalue weighted by Gasteiger charge is 2.33. The fraction of sp³-hybridized carbons (Fsp3) is 0.769. The number of piperidine rings is 1. The number of fused-ring (bicyclic) bond motifs is 2. The Labute approximate surface area is 107 Å². The van der Waals surface area contributed by atoms with E-state index >= 15 is 0 Å². The highest BCUT2D eigenvalue weighted by atomic mass is 32.1. The molecule has 0 spiro atoms. The molecule has 2 aliphatic heterocycles. The molecule has 0 radical (unpaired) electrons. The zero-order valence-corrected chi connectivity index (χ0v) is 11.3. The van der Waals surface area contributed by atoms with Gasteiger partial charge in [-0.2, -0.15) is 0 Å². The van der Waals surface area contributed by atoms with Gasteiger partial charge in [0.2, 0.25) is 0 Å². The third kappa shape index (κ3) is 2.54. The molecule has 2 bridgehead atoms. The summed E-state index contributed by atoms with van der Waals surface area (Å²) in [5.74, 6) is 0.884. The summed E-state index contributed by atoms with van der Waals surface area (Å²) in [4.78, 5) is 8.48. The number of thiazole rings is 1. The van der Waals surface area contributed by atoms with Crippen LogP contribution in [-0.2, 0) is 13.0 Å². The summed E-state index contributed by atoms with van der Waals surface area (Å²) in [6, 6.07) is 0.725. The molecule has 2 saturated heterocycles. The monoisotopic (exact) mass is 251 g/mol. The Bertz CT molecular complexity index is 376. The SMILES string of the molecule is CCc1cnc(CNC2CCN3CCC2C3)s1. The highest BCUT2D eigenvalue weighted by Crippen LogP contribution is 2.27. The van der Waals surface area contributed by atoms with Crippen molar-refractivity contribution in [3.05, 3.63) is 16.1 Å². The molecule has 0 saturated carbocycles. The van der Waals surface area contributed by atoms with Crippen molar-refractivity contribution in [3.8, 4) is 0 Å². The van der Waals surface area contributed by atoms with Crippen molar-refractivity contribution >= 4 is 11.3 Å². The van der Waals surface area contributed by atoms with Crippen LogP contribution in [0.2, 0.25) is 0 Å². The van der Waals surface area contributed by atoms with Crippen LogP contribution in [0, 0.1) is 5.92 Å². The first-order valence-electron chi connectivity index (χ1n) is 6.74. The van der Waals surface area contributed by atoms with Crippen LogP contribution in [0.4, 0.5) is 0 Å². The van der Waals surface area contributed by atoms with E-state index in [0.717, 1.165) is 24.9 Å². The molecule has 0 aliphatic carbocycles. The Morgan fingerprint density at radius 2 is 2.35 bits per heavy atom. The molecule has 1 aromatic rings. The molecule has 3 heterocycles. The quantitative estimate of drug-likeness (QED) is 0.886. The van der Waals surface area contributed by atoms with Crippen LogP contribution in [-0.4, -0.2) is 35.6 Å². The molecule has 4 heteroatoms. The van der Waals surface area contributed by atoms with Crippen LogP contribution < -0.4 is 5.32 Å². The van der Waals surface area contributed by atoms with Crippen molar-refractivity contribution < 1.29 is 0 Å². The van der Waals surface area contributed by atoms with E-state index in [2.05, 4.69) is 22.1 Å². The van der Waals surface area contributed by atoms with E-state index in [9.17, 15) is 0 Å². The molecule has 3 rings (SSSR count). The van der Waals surface area contributed by atoms with Crippen LogP contribution in [0.3, 0.4) is 0 Å². The topological polar surface area (TPSA) is 28.2 Å². The van der Waals surface area contributed by atoms with Crippen LogP contribution in [0.1, 0.15) is 29.7 Å². The standard InChI is InChI=1S/C13H21N3S/c1-2-11-7-15-13(17-11)8-14-12-4-6-16-5-3-10(12)9-16/h7,10,12,14H,2-6,8-9H2,1H3. The first-order chi connectivity index (χ1) is 8.35. The molecule has 1 aromatic heterocycles. The van der Waals surface area contributed by atoms with Crippen molar-refractivity contribution in [2.45, 2.75) is 38.8 Å². The van der Waals surface area contributed by atoms with Gasteiger partial charge in [-0.1, -0.05) is 6.92 Å². The van der Waals surface area contributed by atoms with Crippen molar-refractivity contribution in [2.24, 2.45) is 5.92 Å². The largest absolute Gasteiger partial charge is 0.307 e. The van der Waals surface area contributed by atoms with Crippen molar-refractivity contribution in [3.63, 3.8) is 0 Å². The summed E-state index contributed by atoms with van der Waals surface area (Å²) in [7, 11) is 0. The number of rotatable bonds is 4. The number of hydrogen-bond donors (Lipinski definition) is 1. The van der Waals surface area contributed by atoms with E-state index < -0.39 is 0 Å². The van der Waals surface area contributed by atoms with Gasteiger partial charge in [0, 0.05) is 30.2 Å². The van der Waals surface area contributed by atoms with Gasteiger partial charge in [0.15, 0.2) is 0 Å². The van der Waals surface area contributed by atoms with Crippen LogP contribution in [0.25, 0.3) is 0 Å². The summed E-state index contributed by atoms with van der Waals surface area (Å²) in [5, 5.41) is 4.98. The average Bonchev–Trinajstić information content (AvgIpc) is 2.96. The lowest BCUT2D eigenvalue weighted by Crippen LogP contribution is -2.43. The maximum atomic E-state index is 4.48. The van der Waals surface area contributed by atoms with E-state index in [1.807, 2.05) is 17.5 Å². The minimum Gasteiger partial charge on any atom is -0.307 e. The highest BCUT2D eigenvalue weighted by molar-refractivity contribution is 7.11. The van der Waals surface area contributed by atoms with Gasteiger partial charge in [0.25, 0.3) is 0 Å². The Balaban J connectivity index is 1.53. The zero-order chi connectivity index (χ0) is 11.7. The molecule has 3 nitrogen and oxygen atoms in total. The van der Waals surface area contributed by atoms with Gasteiger partial charge in [-0.15, -0.1) is 11.3 Å². The lowest BCUT2D eigenvalue weighted by Gasteiger charge is -2.30. The molecule has 3 atom stereocenters. The summed E-state index contributed by atoms with van der Waals surface area (Å²) >= 11 is 1.86. The zero-order valence-electron chi connectivity index (χ0n) is 10.5. The molecule has 94 valence electrons. The smallest absolute Gasteiger partial charge is 0.107 e. The van der Waals surface area contributed by atoms with Gasteiger partial charge in [-0.3, -0.25) is 0 Å². The van der Waals surface area contributed by atoms with E-state index in [0.29, 0.717) is 0 Å². The van der Waals surface area contributed by atoms with Gasteiger partial charge in [-0.25, -0.2) is 4.98 Å². The van der Waals surface area contributed by atoms with Gasteiger partial charge >= 0.3 is 0 Å². The number of nitrogens with one attached hydrogen (secondary N) is 1. The lowest BCUT2D eigenvalue weighted by molar-refractivity contribution is 0.220. The number of aromatic nitrogens is 1. The summed E-state index contributed by atoms with van der Waals surface area (Å²) in [6.45, 7) is 7.08. The number of nitrogens with zero attached hydrogens (tertiary/aromatic N) is 2.